The molecule has 5 rings (SSSR count). The minimum atomic E-state index is 0.206. The van der Waals surface area contributed by atoms with E-state index >= 15 is 0 Å². The molecule has 3 aromatic rings. The number of fused-ring (bicyclic) bond motifs is 3. The molecule has 1 spiro atoms. The van der Waals surface area contributed by atoms with Gasteiger partial charge in [-0.1, -0.05) is 6.07 Å². The summed E-state index contributed by atoms with van der Waals surface area (Å²) < 4.78 is 1.95. The molecule has 0 aromatic carbocycles. The lowest BCUT2D eigenvalue weighted by Gasteiger charge is -2.40. The first-order valence-corrected chi connectivity index (χ1v) is 9.07. The van der Waals surface area contributed by atoms with Crippen molar-refractivity contribution < 1.29 is 0 Å². The molecule has 0 radical (unpaired) electrons. The third-order valence-electron chi connectivity index (χ3n) is 5.78. The molecule has 6 nitrogen and oxygen atoms in total. The Morgan fingerprint density at radius 3 is 3.12 bits per heavy atom. The van der Waals surface area contributed by atoms with Crippen molar-refractivity contribution in [2.45, 2.75) is 44.6 Å². The molecule has 0 bridgehead atoms. The minimum Gasteiger partial charge on any atom is -0.297 e. The van der Waals surface area contributed by atoms with Crippen LogP contribution in [0.1, 0.15) is 42.0 Å². The largest absolute Gasteiger partial charge is 0.297 e. The monoisotopic (exact) mass is 334 g/mol. The Morgan fingerprint density at radius 2 is 2.16 bits per heavy atom. The predicted octanol–water partition coefficient (Wildman–Crippen LogP) is 2.31. The van der Waals surface area contributed by atoms with E-state index in [4.69, 9.17) is 4.98 Å². The molecule has 4 heterocycles. The van der Waals surface area contributed by atoms with Crippen LogP contribution in [0.15, 0.2) is 30.7 Å². The lowest BCUT2D eigenvalue weighted by molar-refractivity contribution is 0.134. The summed E-state index contributed by atoms with van der Waals surface area (Å²) in [5.41, 5.74) is 4.98. The number of rotatable bonds is 2. The van der Waals surface area contributed by atoms with Crippen LogP contribution < -0.4 is 0 Å². The van der Waals surface area contributed by atoms with Gasteiger partial charge in [-0.15, -0.1) is 0 Å². The van der Waals surface area contributed by atoms with Crippen LogP contribution in [0.2, 0.25) is 0 Å². The van der Waals surface area contributed by atoms with Crippen LogP contribution in [0, 0.1) is 6.92 Å². The third-order valence-corrected chi connectivity index (χ3v) is 5.78. The molecule has 1 aliphatic carbocycles. The summed E-state index contributed by atoms with van der Waals surface area (Å²) in [7, 11) is 0. The second kappa shape index (κ2) is 5.59. The summed E-state index contributed by atoms with van der Waals surface area (Å²) in [4.78, 5) is 16.1. The number of hydrogen-bond donors (Lipinski definition) is 0. The van der Waals surface area contributed by atoms with Crippen LogP contribution in [0.3, 0.4) is 0 Å². The van der Waals surface area contributed by atoms with E-state index in [0.29, 0.717) is 0 Å². The normalized spacial score (nSPS) is 23.4. The SMILES string of the molecule is Cc1ncc2c(n1)C1(CCCN(Cc3cccc4ncnn34)C1)CC2. The van der Waals surface area contributed by atoms with Crippen molar-refractivity contribution in [2.75, 3.05) is 13.1 Å². The number of piperidine rings is 1. The van der Waals surface area contributed by atoms with Crippen LogP contribution in [0.5, 0.6) is 0 Å². The molecule has 1 saturated heterocycles. The molecule has 3 aromatic heterocycles. The van der Waals surface area contributed by atoms with Crippen molar-refractivity contribution in [3.63, 3.8) is 0 Å². The summed E-state index contributed by atoms with van der Waals surface area (Å²) in [5.74, 6) is 0.893. The topological polar surface area (TPSA) is 59.2 Å². The molecule has 2 aliphatic rings. The van der Waals surface area contributed by atoms with Crippen molar-refractivity contribution in [3.8, 4) is 0 Å². The van der Waals surface area contributed by atoms with Gasteiger partial charge >= 0.3 is 0 Å². The van der Waals surface area contributed by atoms with Crippen LogP contribution >= 0.6 is 0 Å². The summed E-state index contributed by atoms with van der Waals surface area (Å²) in [6.07, 6.45) is 8.44. The lowest BCUT2D eigenvalue weighted by Crippen LogP contribution is -2.45. The van der Waals surface area contributed by atoms with E-state index in [1.807, 2.05) is 23.7 Å². The van der Waals surface area contributed by atoms with Gasteiger partial charge in [-0.25, -0.2) is 19.5 Å². The molecule has 0 amide bonds. The van der Waals surface area contributed by atoms with Gasteiger partial charge in [0.1, 0.15) is 12.2 Å². The Morgan fingerprint density at radius 1 is 1.20 bits per heavy atom. The first kappa shape index (κ1) is 15.0. The van der Waals surface area contributed by atoms with E-state index < -0.39 is 0 Å². The maximum atomic E-state index is 4.85. The van der Waals surface area contributed by atoms with Gasteiger partial charge in [-0.3, -0.25) is 4.90 Å². The number of likely N-dealkylation sites (tertiary alicyclic amines) is 1. The van der Waals surface area contributed by atoms with Crippen LogP contribution in [0.25, 0.3) is 5.65 Å². The predicted molar refractivity (Wildman–Crippen MR) is 94.3 cm³/mol. The highest BCUT2D eigenvalue weighted by molar-refractivity contribution is 5.37. The van der Waals surface area contributed by atoms with Crippen molar-refractivity contribution in [1.29, 1.82) is 0 Å². The van der Waals surface area contributed by atoms with Crippen molar-refractivity contribution >= 4 is 5.65 Å². The van der Waals surface area contributed by atoms with E-state index in [0.717, 1.165) is 37.5 Å². The third kappa shape index (κ3) is 2.43. The van der Waals surface area contributed by atoms with E-state index in [9.17, 15) is 0 Å². The molecule has 6 heteroatoms. The summed E-state index contributed by atoms with van der Waals surface area (Å²) in [6.45, 7) is 5.11. The Labute approximate surface area is 146 Å². The molecule has 1 atom stereocenters. The number of aromatic nitrogens is 5. The Balaban J connectivity index is 1.44. The van der Waals surface area contributed by atoms with Crippen molar-refractivity contribution in [1.82, 2.24) is 29.5 Å². The molecular formula is C19H22N6. The summed E-state index contributed by atoms with van der Waals surface area (Å²) >= 11 is 0. The van der Waals surface area contributed by atoms with Gasteiger partial charge in [0.2, 0.25) is 0 Å². The number of pyridine rings is 1. The van der Waals surface area contributed by atoms with Crippen molar-refractivity contribution in [3.05, 3.63) is 53.5 Å². The van der Waals surface area contributed by atoms with Crippen LogP contribution in [-0.4, -0.2) is 42.6 Å². The van der Waals surface area contributed by atoms with Gasteiger partial charge < -0.3 is 0 Å². The first-order valence-electron chi connectivity index (χ1n) is 9.07. The van der Waals surface area contributed by atoms with Crippen LogP contribution in [0.4, 0.5) is 0 Å². The Hall–Kier alpha value is -2.34. The molecule has 25 heavy (non-hydrogen) atoms. The van der Waals surface area contributed by atoms with Gasteiger partial charge in [0.15, 0.2) is 5.65 Å². The second-order valence-electron chi connectivity index (χ2n) is 7.43. The van der Waals surface area contributed by atoms with E-state index in [1.54, 1.807) is 6.33 Å². The first-order chi connectivity index (χ1) is 12.2. The standard InChI is InChI=1S/C19H22N6/c1-14-20-10-15-6-8-19(18(15)23-14)7-3-9-24(12-19)11-16-4-2-5-17-21-13-22-25(16)17/h2,4-5,10,13H,3,6-9,11-12H2,1H3. The zero-order chi connectivity index (χ0) is 16.9. The van der Waals surface area contributed by atoms with Gasteiger partial charge in [0.05, 0.1) is 11.4 Å². The molecule has 1 unspecified atom stereocenters. The molecule has 1 fully saturated rings. The quantitative estimate of drug-likeness (QED) is 0.720. The summed E-state index contributed by atoms with van der Waals surface area (Å²) in [6, 6.07) is 6.22. The maximum absolute atomic E-state index is 4.85. The van der Waals surface area contributed by atoms with Crippen molar-refractivity contribution in [2.24, 2.45) is 0 Å². The zero-order valence-electron chi connectivity index (χ0n) is 14.5. The number of nitrogens with zero attached hydrogens (tertiary/aromatic N) is 6. The number of aryl methyl sites for hydroxylation is 2. The second-order valence-corrected chi connectivity index (χ2v) is 7.43. The van der Waals surface area contributed by atoms with Gasteiger partial charge in [-0.05, 0) is 56.8 Å². The van der Waals surface area contributed by atoms with Gasteiger partial charge in [-0.2, -0.15) is 5.10 Å². The molecule has 0 N–H and O–H groups in total. The molecule has 0 saturated carbocycles. The smallest absolute Gasteiger partial charge is 0.155 e. The molecular weight excluding hydrogens is 312 g/mol. The highest BCUT2D eigenvalue weighted by Crippen LogP contribution is 2.44. The Kier molecular flexibility index (Phi) is 3.35. The molecule has 128 valence electrons. The van der Waals surface area contributed by atoms with E-state index in [2.05, 4.69) is 32.1 Å². The maximum Gasteiger partial charge on any atom is 0.155 e. The lowest BCUT2D eigenvalue weighted by atomic mass is 9.77. The summed E-state index contributed by atoms with van der Waals surface area (Å²) in [5, 5.41) is 4.38. The Bertz CT molecular complexity index is 929. The number of hydrogen-bond acceptors (Lipinski definition) is 5. The highest BCUT2D eigenvalue weighted by Gasteiger charge is 2.43. The average Bonchev–Trinajstić information content (AvgIpc) is 3.22. The minimum absolute atomic E-state index is 0.206. The fourth-order valence-electron chi connectivity index (χ4n) is 4.64. The fourth-order valence-corrected chi connectivity index (χ4v) is 4.64. The highest BCUT2D eigenvalue weighted by atomic mass is 15.3. The van der Waals surface area contributed by atoms with Crippen LogP contribution in [-0.2, 0) is 18.4 Å². The molecule has 1 aliphatic heterocycles. The zero-order valence-corrected chi connectivity index (χ0v) is 14.5. The fraction of sp³-hybridized carbons (Fsp3) is 0.474. The van der Waals surface area contributed by atoms with Gasteiger partial charge in [0, 0.05) is 24.7 Å². The van der Waals surface area contributed by atoms with E-state index in [1.165, 1.54) is 36.2 Å². The van der Waals surface area contributed by atoms with E-state index in [-0.39, 0.29) is 5.41 Å². The average molecular weight is 334 g/mol. The van der Waals surface area contributed by atoms with Gasteiger partial charge in [0.25, 0.3) is 0 Å².